The molecule has 0 N–H and O–H groups in total. The van der Waals surface area contributed by atoms with Gasteiger partial charge in [0.1, 0.15) is 0 Å². The van der Waals surface area contributed by atoms with E-state index in [-0.39, 0.29) is 11.7 Å². The average molecular weight is 353 g/mol. The zero-order chi connectivity index (χ0) is 18.4. The number of rotatable bonds is 2. The molecule has 0 fully saturated rings. The average Bonchev–Trinajstić information content (AvgIpc) is 3.02. The van der Waals surface area contributed by atoms with Gasteiger partial charge in [-0.3, -0.25) is 4.79 Å². The van der Waals surface area contributed by atoms with Crippen LogP contribution in [0.15, 0.2) is 66.9 Å². The molecule has 2 heterocycles. The summed E-state index contributed by atoms with van der Waals surface area (Å²) in [6.45, 7) is 1.99. The monoisotopic (exact) mass is 353 g/mol. The van der Waals surface area contributed by atoms with Crippen LogP contribution in [-0.2, 0) is 6.42 Å². The lowest BCUT2D eigenvalue weighted by molar-refractivity contribution is 0.0962. The second-order valence-electron chi connectivity index (χ2n) is 7.13. The van der Waals surface area contributed by atoms with Crippen LogP contribution in [0.4, 0.5) is 0 Å². The van der Waals surface area contributed by atoms with Crippen molar-refractivity contribution in [1.82, 2.24) is 14.6 Å². The van der Waals surface area contributed by atoms with E-state index in [0.717, 1.165) is 34.6 Å². The Balaban J connectivity index is 1.65. The molecule has 4 nitrogen and oxygen atoms in total. The van der Waals surface area contributed by atoms with Crippen molar-refractivity contribution in [2.45, 2.75) is 25.7 Å². The van der Waals surface area contributed by atoms with Gasteiger partial charge < -0.3 is 0 Å². The van der Waals surface area contributed by atoms with E-state index in [1.165, 1.54) is 5.56 Å². The highest BCUT2D eigenvalue weighted by Gasteiger charge is 2.29. The van der Waals surface area contributed by atoms with Crippen LogP contribution in [0.2, 0.25) is 0 Å². The zero-order valence-corrected chi connectivity index (χ0v) is 15.1. The van der Waals surface area contributed by atoms with Crippen LogP contribution in [-0.4, -0.2) is 20.4 Å². The summed E-state index contributed by atoms with van der Waals surface area (Å²) in [7, 11) is 0. The van der Waals surface area contributed by atoms with Crippen molar-refractivity contribution < 1.29 is 4.79 Å². The van der Waals surface area contributed by atoms with Crippen molar-refractivity contribution in [3.63, 3.8) is 0 Å². The molecule has 132 valence electrons. The minimum Gasteiger partial charge on any atom is -0.294 e. The second kappa shape index (κ2) is 6.16. The molecule has 0 aliphatic heterocycles. The minimum atomic E-state index is 0.147. The first-order valence-corrected chi connectivity index (χ1v) is 9.23. The number of carbonyl (C=O) groups excluding carboxylic acids is 1. The fraction of sp³-hybridized carbons (Fsp3) is 0.174. The number of aryl methyl sites for hydroxylation is 1. The van der Waals surface area contributed by atoms with Crippen molar-refractivity contribution in [2.24, 2.45) is 0 Å². The van der Waals surface area contributed by atoms with Gasteiger partial charge in [-0.15, -0.1) is 0 Å². The van der Waals surface area contributed by atoms with Gasteiger partial charge in [0.15, 0.2) is 11.4 Å². The first kappa shape index (κ1) is 15.9. The molecule has 1 aliphatic carbocycles. The van der Waals surface area contributed by atoms with Gasteiger partial charge in [0.05, 0.1) is 17.0 Å². The highest BCUT2D eigenvalue weighted by Crippen LogP contribution is 2.34. The Morgan fingerprint density at radius 1 is 0.963 bits per heavy atom. The maximum atomic E-state index is 12.8. The van der Waals surface area contributed by atoms with Gasteiger partial charge in [-0.25, -0.2) is 9.50 Å². The van der Waals surface area contributed by atoms with E-state index >= 15 is 0 Å². The topological polar surface area (TPSA) is 47.3 Å². The van der Waals surface area contributed by atoms with Crippen LogP contribution < -0.4 is 0 Å². The highest BCUT2D eigenvalue weighted by molar-refractivity contribution is 5.99. The summed E-state index contributed by atoms with van der Waals surface area (Å²) in [5.74, 6) is 0.333. The summed E-state index contributed by atoms with van der Waals surface area (Å²) in [6.07, 6.45) is 3.16. The third kappa shape index (κ3) is 2.65. The normalized spacial score (nSPS) is 16.5. The zero-order valence-electron chi connectivity index (χ0n) is 15.1. The molecule has 0 bridgehead atoms. The second-order valence-corrected chi connectivity index (χ2v) is 7.13. The molecule has 5 rings (SSSR count). The van der Waals surface area contributed by atoms with Crippen molar-refractivity contribution in [3.05, 3.63) is 89.4 Å². The molecule has 2 aromatic carbocycles. The Hall–Kier alpha value is -3.27. The molecule has 2 aromatic heterocycles. The fourth-order valence-electron chi connectivity index (χ4n) is 4.05. The molecule has 0 saturated carbocycles. The van der Waals surface area contributed by atoms with Crippen LogP contribution in [0.5, 0.6) is 0 Å². The summed E-state index contributed by atoms with van der Waals surface area (Å²) in [5, 5.41) is 4.61. The summed E-state index contributed by atoms with van der Waals surface area (Å²) in [5.41, 5.74) is 6.65. The fourth-order valence-corrected chi connectivity index (χ4v) is 4.05. The van der Waals surface area contributed by atoms with Crippen LogP contribution >= 0.6 is 0 Å². The number of Topliss-reactive ketones (excluding diaryl/α,β-unsaturated/α-hetero) is 1. The molecule has 0 amide bonds. The number of ketones is 1. The van der Waals surface area contributed by atoms with E-state index in [1.54, 1.807) is 4.52 Å². The van der Waals surface area contributed by atoms with Crippen LogP contribution in [0.25, 0.3) is 16.8 Å². The number of aromatic nitrogens is 3. The summed E-state index contributed by atoms with van der Waals surface area (Å²) < 4.78 is 1.76. The van der Waals surface area contributed by atoms with Crippen LogP contribution in [0.1, 0.15) is 39.6 Å². The maximum absolute atomic E-state index is 12.8. The van der Waals surface area contributed by atoms with Crippen molar-refractivity contribution in [1.29, 1.82) is 0 Å². The Morgan fingerprint density at radius 3 is 2.41 bits per heavy atom. The third-order valence-corrected chi connectivity index (χ3v) is 5.37. The van der Waals surface area contributed by atoms with Gasteiger partial charge in [-0.05, 0) is 30.4 Å². The molecular formula is C23H19N3O. The molecule has 1 aliphatic rings. The molecule has 4 heteroatoms. The van der Waals surface area contributed by atoms with E-state index in [4.69, 9.17) is 4.98 Å². The maximum Gasteiger partial charge on any atom is 0.166 e. The van der Waals surface area contributed by atoms with Gasteiger partial charge in [-0.1, -0.05) is 60.7 Å². The largest absolute Gasteiger partial charge is 0.294 e. The highest BCUT2D eigenvalue weighted by atomic mass is 16.1. The molecular weight excluding hydrogens is 334 g/mol. The van der Waals surface area contributed by atoms with Gasteiger partial charge in [0.25, 0.3) is 0 Å². The van der Waals surface area contributed by atoms with Gasteiger partial charge in [0.2, 0.25) is 0 Å². The predicted molar refractivity (Wildman–Crippen MR) is 105 cm³/mol. The molecule has 27 heavy (non-hydrogen) atoms. The van der Waals surface area contributed by atoms with E-state index in [2.05, 4.69) is 29.4 Å². The Morgan fingerprint density at radius 2 is 1.67 bits per heavy atom. The first-order valence-electron chi connectivity index (χ1n) is 9.23. The SMILES string of the molecule is Cc1nn2cc3c(nc2c1-c1ccccc1)CC(c1ccccc1)CC3=O. The molecule has 1 unspecified atom stereocenters. The standard InChI is InChI=1S/C23H19N3O/c1-15-22(17-10-6-3-7-11-17)23-24-20-12-18(16-8-4-2-5-9-16)13-21(27)19(20)14-26(23)25-15/h2-11,14,18H,12-13H2,1H3. The lowest BCUT2D eigenvalue weighted by atomic mass is 9.82. The lowest BCUT2D eigenvalue weighted by Gasteiger charge is -2.23. The lowest BCUT2D eigenvalue weighted by Crippen LogP contribution is -2.21. The number of hydrogen-bond donors (Lipinski definition) is 0. The predicted octanol–water partition coefficient (Wildman–Crippen LogP) is 4.62. The minimum absolute atomic E-state index is 0.147. The molecule has 1 atom stereocenters. The number of carbonyl (C=O) groups is 1. The van der Waals surface area contributed by atoms with Crippen molar-refractivity contribution in [2.75, 3.05) is 0 Å². The quantitative estimate of drug-likeness (QED) is 0.528. The number of fused-ring (bicyclic) bond motifs is 2. The van der Waals surface area contributed by atoms with Gasteiger partial charge in [0, 0.05) is 18.2 Å². The van der Waals surface area contributed by atoms with E-state index in [1.807, 2.05) is 49.5 Å². The van der Waals surface area contributed by atoms with Crippen LogP contribution in [0, 0.1) is 6.92 Å². The third-order valence-electron chi connectivity index (χ3n) is 5.37. The number of hydrogen-bond acceptors (Lipinski definition) is 3. The number of benzene rings is 2. The van der Waals surface area contributed by atoms with E-state index in [0.29, 0.717) is 12.0 Å². The summed E-state index contributed by atoms with van der Waals surface area (Å²) in [4.78, 5) is 17.7. The number of nitrogens with zero attached hydrogens (tertiary/aromatic N) is 3. The van der Waals surface area contributed by atoms with Crippen molar-refractivity contribution in [3.8, 4) is 11.1 Å². The Labute approximate surface area is 157 Å². The molecule has 0 spiro atoms. The molecule has 0 saturated heterocycles. The summed E-state index contributed by atoms with van der Waals surface area (Å²) >= 11 is 0. The van der Waals surface area contributed by atoms with E-state index in [9.17, 15) is 4.79 Å². The first-order chi connectivity index (χ1) is 13.2. The van der Waals surface area contributed by atoms with Crippen LogP contribution in [0.3, 0.4) is 0 Å². The Bertz CT molecular complexity index is 1150. The van der Waals surface area contributed by atoms with Crippen molar-refractivity contribution >= 4 is 11.4 Å². The summed E-state index contributed by atoms with van der Waals surface area (Å²) in [6, 6.07) is 20.4. The van der Waals surface area contributed by atoms with Gasteiger partial charge in [-0.2, -0.15) is 5.10 Å². The molecule has 4 aromatic rings. The molecule has 0 radical (unpaired) electrons. The van der Waals surface area contributed by atoms with Gasteiger partial charge >= 0.3 is 0 Å². The smallest absolute Gasteiger partial charge is 0.166 e. The van der Waals surface area contributed by atoms with E-state index < -0.39 is 0 Å². The Kier molecular flexibility index (Phi) is 3.64.